The van der Waals surface area contributed by atoms with E-state index in [1.807, 2.05) is 17.9 Å². The highest BCUT2D eigenvalue weighted by Gasteiger charge is 2.30. The van der Waals surface area contributed by atoms with Crippen LogP contribution in [0.1, 0.15) is 24.8 Å². The van der Waals surface area contributed by atoms with Crippen LogP contribution in [0.3, 0.4) is 0 Å². The van der Waals surface area contributed by atoms with Gasteiger partial charge in [0.1, 0.15) is 5.82 Å². The second-order valence-electron chi connectivity index (χ2n) is 7.80. The monoisotopic (exact) mass is 383 g/mol. The van der Waals surface area contributed by atoms with Gasteiger partial charge in [-0.05, 0) is 19.3 Å². The Labute approximate surface area is 166 Å². The molecule has 2 aromatic heterocycles. The third-order valence-electron chi connectivity index (χ3n) is 5.78. The maximum absolute atomic E-state index is 13.1. The topological polar surface area (TPSA) is 70.4 Å². The number of aryl methyl sites for hydroxylation is 1. The summed E-state index contributed by atoms with van der Waals surface area (Å²) in [5.74, 6) is 1.38. The van der Waals surface area contributed by atoms with E-state index in [2.05, 4.69) is 36.0 Å². The van der Waals surface area contributed by atoms with E-state index in [0.29, 0.717) is 5.91 Å². The summed E-state index contributed by atoms with van der Waals surface area (Å²) >= 11 is 0. The highest BCUT2D eigenvalue weighted by molar-refractivity contribution is 5.79. The summed E-state index contributed by atoms with van der Waals surface area (Å²) in [4.78, 5) is 28.3. The lowest BCUT2D eigenvalue weighted by Gasteiger charge is -2.34. The second-order valence-corrected chi connectivity index (χ2v) is 7.80. The SMILES string of the molecule is Cn1cc(CN2CCCN(C(=O)C3CCN(c4cnccn4)CC3)CC2)cn1. The summed E-state index contributed by atoms with van der Waals surface area (Å²) in [6.07, 6.45) is 12.0. The van der Waals surface area contributed by atoms with Crippen molar-refractivity contribution in [2.24, 2.45) is 13.0 Å². The zero-order chi connectivity index (χ0) is 19.3. The molecule has 2 saturated heterocycles. The first-order valence-electron chi connectivity index (χ1n) is 10.2. The Morgan fingerprint density at radius 2 is 1.93 bits per heavy atom. The molecule has 1 amide bonds. The Hall–Kier alpha value is -2.48. The molecule has 0 spiro atoms. The summed E-state index contributed by atoms with van der Waals surface area (Å²) < 4.78 is 1.84. The number of aromatic nitrogens is 4. The van der Waals surface area contributed by atoms with Crippen molar-refractivity contribution in [2.45, 2.75) is 25.8 Å². The Balaban J connectivity index is 1.27. The summed E-state index contributed by atoms with van der Waals surface area (Å²) in [6.45, 7) is 6.30. The van der Waals surface area contributed by atoms with Crippen molar-refractivity contribution in [3.8, 4) is 0 Å². The first-order valence-corrected chi connectivity index (χ1v) is 10.2. The molecule has 2 aromatic rings. The zero-order valence-corrected chi connectivity index (χ0v) is 16.6. The van der Waals surface area contributed by atoms with Crippen molar-refractivity contribution in [2.75, 3.05) is 44.2 Å². The summed E-state index contributed by atoms with van der Waals surface area (Å²) in [6, 6.07) is 0. The van der Waals surface area contributed by atoms with Crippen LogP contribution in [-0.4, -0.2) is 74.7 Å². The molecule has 28 heavy (non-hydrogen) atoms. The maximum atomic E-state index is 13.1. The molecule has 0 N–H and O–H groups in total. The van der Waals surface area contributed by atoms with Crippen LogP contribution in [-0.2, 0) is 18.4 Å². The lowest BCUT2D eigenvalue weighted by molar-refractivity contribution is -0.136. The van der Waals surface area contributed by atoms with Crippen LogP contribution in [0.25, 0.3) is 0 Å². The molecule has 0 aliphatic carbocycles. The van der Waals surface area contributed by atoms with Gasteiger partial charge in [0.25, 0.3) is 0 Å². The molecule has 0 bridgehead atoms. The van der Waals surface area contributed by atoms with Gasteiger partial charge < -0.3 is 9.80 Å². The van der Waals surface area contributed by atoms with Crippen molar-refractivity contribution in [1.82, 2.24) is 29.5 Å². The molecular weight excluding hydrogens is 354 g/mol. The number of piperidine rings is 1. The summed E-state index contributed by atoms with van der Waals surface area (Å²) in [7, 11) is 1.95. The molecule has 2 fully saturated rings. The van der Waals surface area contributed by atoms with E-state index in [9.17, 15) is 4.79 Å². The Morgan fingerprint density at radius 1 is 1.07 bits per heavy atom. The van der Waals surface area contributed by atoms with E-state index in [0.717, 1.165) is 70.9 Å². The predicted octanol–water partition coefficient (Wildman–Crippen LogP) is 1.16. The lowest BCUT2D eigenvalue weighted by atomic mass is 9.95. The van der Waals surface area contributed by atoms with Gasteiger partial charge in [0, 0.05) is 82.9 Å². The zero-order valence-electron chi connectivity index (χ0n) is 16.6. The third kappa shape index (κ3) is 4.49. The number of carbonyl (C=O) groups excluding carboxylic acids is 1. The molecule has 8 heteroatoms. The van der Waals surface area contributed by atoms with Crippen molar-refractivity contribution in [1.29, 1.82) is 0 Å². The van der Waals surface area contributed by atoms with Crippen LogP contribution in [0.15, 0.2) is 31.0 Å². The second kappa shape index (κ2) is 8.68. The van der Waals surface area contributed by atoms with Crippen molar-refractivity contribution < 1.29 is 4.79 Å². The average molecular weight is 384 g/mol. The van der Waals surface area contributed by atoms with E-state index >= 15 is 0 Å². The molecule has 0 radical (unpaired) electrons. The first-order chi connectivity index (χ1) is 13.7. The fourth-order valence-corrected chi connectivity index (χ4v) is 4.23. The van der Waals surface area contributed by atoms with Gasteiger partial charge >= 0.3 is 0 Å². The van der Waals surface area contributed by atoms with Gasteiger partial charge in [-0.15, -0.1) is 0 Å². The van der Waals surface area contributed by atoms with E-state index in [4.69, 9.17) is 0 Å². The molecule has 8 nitrogen and oxygen atoms in total. The number of amides is 1. The third-order valence-corrected chi connectivity index (χ3v) is 5.78. The van der Waals surface area contributed by atoms with E-state index in [-0.39, 0.29) is 5.92 Å². The van der Waals surface area contributed by atoms with Crippen LogP contribution in [0, 0.1) is 5.92 Å². The number of anilines is 1. The molecule has 0 saturated carbocycles. The quantitative estimate of drug-likeness (QED) is 0.789. The van der Waals surface area contributed by atoms with Gasteiger partial charge in [-0.2, -0.15) is 5.10 Å². The van der Waals surface area contributed by atoms with Crippen LogP contribution in [0.5, 0.6) is 0 Å². The number of hydrogen-bond donors (Lipinski definition) is 0. The molecule has 150 valence electrons. The molecule has 0 aromatic carbocycles. The Kier molecular flexibility index (Phi) is 5.85. The smallest absolute Gasteiger partial charge is 0.225 e. The minimum Gasteiger partial charge on any atom is -0.355 e. The van der Waals surface area contributed by atoms with Gasteiger partial charge in [0.05, 0.1) is 12.4 Å². The summed E-state index contributed by atoms with van der Waals surface area (Å²) in [5, 5.41) is 4.25. The van der Waals surface area contributed by atoms with E-state index in [1.54, 1.807) is 18.6 Å². The maximum Gasteiger partial charge on any atom is 0.225 e. The molecular formula is C20H29N7O. The van der Waals surface area contributed by atoms with Crippen LogP contribution >= 0.6 is 0 Å². The van der Waals surface area contributed by atoms with Crippen LogP contribution < -0.4 is 4.90 Å². The molecule has 0 unspecified atom stereocenters. The molecule has 2 aliphatic rings. The van der Waals surface area contributed by atoms with Gasteiger partial charge in [0.15, 0.2) is 0 Å². The molecule has 4 rings (SSSR count). The van der Waals surface area contributed by atoms with Gasteiger partial charge in [-0.3, -0.25) is 19.4 Å². The van der Waals surface area contributed by atoms with Crippen LogP contribution in [0.4, 0.5) is 5.82 Å². The van der Waals surface area contributed by atoms with Crippen molar-refractivity contribution in [3.05, 3.63) is 36.5 Å². The van der Waals surface area contributed by atoms with Gasteiger partial charge in [-0.1, -0.05) is 0 Å². The molecule has 0 atom stereocenters. The van der Waals surface area contributed by atoms with E-state index < -0.39 is 0 Å². The lowest BCUT2D eigenvalue weighted by Crippen LogP contribution is -2.44. The Morgan fingerprint density at radius 3 is 2.64 bits per heavy atom. The average Bonchev–Trinajstić information content (AvgIpc) is 3.00. The van der Waals surface area contributed by atoms with Crippen molar-refractivity contribution >= 4 is 11.7 Å². The first kappa shape index (κ1) is 18.9. The minimum absolute atomic E-state index is 0.137. The van der Waals surface area contributed by atoms with E-state index in [1.165, 1.54) is 5.56 Å². The van der Waals surface area contributed by atoms with Crippen molar-refractivity contribution in [3.63, 3.8) is 0 Å². The number of rotatable bonds is 4. The number of carbonyl (C=O) groups is 1. The fourth-order valence-electron chi connectivity index (χ4n) is 4.23. The summed E-state index contributed by atoms with van der Waals surface area (Å²) in [5.41, 5.74) is 1.23. The molecule has 2 aliphatic heterocycles. The predicted molar refractivity (Wildman–Crippen MR) is 107 cm³/mol. The van der Waals surface area contributed by atoms with Crippen LogP contribution in [0.2, 0.25) is 0 Å². The number of hydrogen-bond acceptors (Lipinski definition) is 6. The van der Waals surface area contributed by atoms with Gasteiger partial charge in [0.2, 0.25) is 5.91 Å². The number of nitrogens with zero attached hydrogens (tertiary/aromatic N) is 7. The standard InChI is InChI=1S/C20H29N7O/c1-24-15-17(13-23-24)16-25-7-2-8-27(12-11-25)20(28)18-3-9-26(10-4-18)19-14-21-5-6-22-19/h5-6,13-15,18H,2-4,7-12,16H2,1H3. The fraction of sp³-hybridized carbons (Fsp3) is 0.600. The minimum atomic E-state index is 0.137. The van der Waals surface area contributed by atoms with Gasteiger partial charge in [-0.25, -0.2) is 4.98 Å². The Bertz CT molecular complexity index is 770. The molecule has 4 heterocycles. The normalized spacial score (nSPS) is 19.6. The largest absolute Gasteiger partial charge is 0.355 e. The highest BCUT2D eigenvalue weighted by Crippen LogP contribution is 2.23. The highest BCUT2D eigenvalue weighted by atomic mass is 16.2.